The van der Waals surface area contributed by atoms with E-state index in [1.54, 1.807) is 23.7 Å². The first-order valence-corrected chi connectivity index (χ1v) is 7.41. The van der Waals surface area contributed by atoms with Gasteiger partial charge in [0.15, 0.2) is 11.9 Å². The molecule has 8 heteroatoms. The summed E-state index contributed by atoms with van der Waals surface area (Å²) in [7, 11) is 1.83. The molecule has 2 aromatic rings. The lowest BCUT2D eigenvalue weighted by molar-refractivity contribution is -0.148. The summed E-state index contributed by atoms with van der Waals surface area (Å²) in [4.78, 5) is 23.8. The second-order valence-corrected chi connectivity index (χ2v) is 5.43. The fourth-order valence-electron chi connectivity index (χ4n) is 2.10. The number of nitrogens with zero attached hydrogens (tertiary/aromatic N) is 3. The molecule has 0 unspecified atom stereocenters. The third-order valence-electron chi connectivity index (χ3n) is 3.49. The minimum atomic E-state index is -0.963. The van der Waals surface area contributed by atoms with E-state index in [1.165, 1.54) is 13.0 Å². The summed E-state index contributed by atoms with van der Waals surface area (Å²) in [6.45, 7) is 6.95. The number of nitrogens with one attached hydrogen (secondary N) is 1. The van der Waals surface area contributed by atoms with Gasteiger partial charge in [0.05, 0.1) is 5.69 Å². The average molecular weight is 332 g/mol. The molecular weight excluding hydrogens is 312 g/mol. The zero-order valence-corrected chi connectivity index (χ0v) is 14.3. The van der Waals surface area contributed by atoms with Crippen LogP contribution in [-0.2, 0) is 21.4 Å². The van der Waals surface area contributed by atoms with Crippen molar-refractivity contribution in [1.82, 2.24) is 14.9 Å². The van der Waals surface area contributed by atoms with Crippen LogP contribution in [0.15, 0.2) is 16.7 Å². The highest BCUT2D eigenvalue weighted by Gasteiger charge is 2.18. The van der Waals surface area contributed by atoms with E-state index in [0.29, 0.717) is 5.76 Å². The minimum Gasteiger partial charge on any atom is -0.449 e. The fraction of sp³-hybridized carbons (Fsp3) is 0.375. The number of carbonyl (C=O) groups is 2. The molecule has 0 bridgehead atoms. The van der Waals surface area contributed by atoms with Crippen LogP contribution in [0.5, 0.6) is 0 Å². The van der Waals surface area contributed by atoms with Gasteiger partial charge in [0, 0.05) is 30.4 Å². The maximum atomic E-state index is 11.9. The van der Waals surface area contributed by atoms with Crippen LogP contribution in [0.25, 0.3) is 6.08 Å². The van der Waals surface area contributed by atoms with Gasteiger partial charge in [0.1, 0.15) is 5.76 Å². The van der Waals surface area contributed by atoms with Gasteiger partial charge >= 0.3 is 5.97 Å². The van der Waals surface area contributed by atoms with E-state index in [2.05, 4.69) is 15.6 Å². The molecule has 24 heavy (non-hydrogen) atoms. The number of hydrogen-bond donors (Lipinski definition) is 1. The van der Waals surface area contributed by atoms with Crippen molar-refractivity contribution < 1.29 is 18.8 Å². The Hall–Kier alpha value is -2.90. The summed E-state index contributed by atoms with van der Waals surface area (Å²) in [5.74, 6) is -0.256. The van der Waals surface area contributed by atoms with Crippen molar-refractivity contribution in [3.05, 3.63) is 34.9 Å². The predicted octanol–water partition coefficient (Wildman–Crippen LogP) is 1.92. The molecule has 0 aromatic carbocycles. The van der Waals surface area contributed by atoms with E-state index < -0.39 is 18.0 Å². The summed E-state index contributed by atoms with van der Waals surface area (Å²) in [5, 5.41) is 10.4. The first kappa shape index (κ1) is 17.5. The molecule has 8 nitrogen and oxygen atoms in total. The number of rotatable bonds is 5. The predicted molar refractivity (Wildman–Crippen MR) is 87.1 cm³/mol. The number of hydrogen-bond acceptors (Lipinski definition) is 6. The molecule has 128 valence electrons. The van der Waals surface area contributed by atoms with Gasteiger partial charge in [-0.15, -0.1) is 0 Å². The molecule has 0 aliphatic rings. The lowest BCUT2D eigenvalue weighted by Crippen LogP contribution is -2.29. The van der Waals surface area contributed by atoms with E-state index in [4.69, 9.17) is 9.26 Å². The summed E-state index contributed by atoms with van der Waals surface area (Å²) in [5.41, 5.74) is 2.60. The highest BCUT2D eigenvalue weighted by Crippen LogP contribution is 2.14. The third-order valence-corrected chi connectivity index (χ3v) is 3.49. The molecule has 2 aromatic heterocycles. The van der Waals surface area contributed by atoms with Gasteiger partial charge in [-0.25, -0.2) is 4.79 Å². The molecule has 1 N–H and O–H groups in total. The largest absolute Gasteiger partial charge is 0.449 e. The van der Waals surface area contributed by atoms with Crippen molar-refractivity contribution in [1.29, 1.82) is 0 Å². The van der Waals surface area contributed by atoms with Crippen LogP contribution in [0.3, 0.4) is 0 Å². The maximum Gasteiger partial charge on any atom is 0.331 e. The van der Waals surface area contributed by atoms with Crippen LogP contribution < -0.4 is 5.32 Å². The van der Waals surface area contributed by atoms with E-state index in [-0.39, 0.29) is 5.82 Å². The molecule has 0 fully saturated rings. The summed E-state index contributed by atoms with van der Waals surface area (Å²) in [6, 6.07) is 1.57. The second-order valence-electron chi connectivity index (χ2n) is 5.43. The van der Waals surface area contributed by atoms with Gasteiger partial charge in [-0.2, -0.15) is 5.10 Å². The molecule has 1 atom stereocenters. The fourth-order valence-corrected chi connectivity index (χ4v) is 2.10. The summed E-state index contributed by atoms with van der Waals surface area (Å²) in [6.07, 6.45) is 1.95. The van der Waals surface area contributed by atoms with Crippen LogP contribution in [-0.4, -0.2) is 32.9 Å². The van der Waals surface area contributed by atoms with Gasteiger partial charge in [-0.05, 0) is 33.8 Å². The molecule has 2 rings (SSSR count). The van der Waals surface area contributed by atoms with E-state index in [0.717, 1.165) is 17.0 Å². The van der Waals surface area contributed by atoms with Gasteiger partial charge in [0.2, 0.25) is 0 Å². The van der Waals surface area contributed by atoms with Crippen LogP contribution in [0, 0.1) is 20.8 Å². The zero-order valence-electron chi connectivity index (χ0n) is 14.3. The van der Waals surface area contributed by atoms with Crippen LogP contribution in [0.1, 0.15) is 29.6 Å². The number of anilines is 1. The third kappa shape index (κ3) is 4.09. The number of aryl methyl sites for hydroxylation is 3. The number of amides is 1. The van der Waals surface area contributed by atoms with Crippen LogP contribution in [0.2, 0.25) is 0 Å². The average Bonchev–Trinajstić information content (AvgIpc) is 3.01. The molecule has 2 heterocycles. The Morgan fingerprint density at radius 1 is 1.38 bits per heavy atom. The molecule has 0 aliphatic carbocycles. The maximum absolute atomic E-state index is 11.9. The van der Waals surface area contributed by atoms with Crippen molar-refractivity contribution in [2.45, 2.75) is 33.8 Å². The van der Waals surface area contributed by atoms with Crippen molar-refractivity contribution in [3.8, 4) is 0 Å². The highest BCUT2D eigenvalue weighted by molar-refractivity contribution is 5.96. The van der Waals surface area contributed by atoms with Crippen molar-refractivity contribution >= 4 is 23.8 Å². The topological polar surface area (TPSA) is 99.2 Å². The van der Waals surface area contributed by atoms with E-state index in [1.807, 2.05) is 20.9 Å². The summed E-state index contributed by atoms with van der Waals surface area (Å²) < 4.78 is 11.7. The highest BCUT2D eigenvalue weighted by atomic mass is 16.5. The molecule has 0 radical (unpaired) electrons. The van der Waals surface area contributed by atoms with Crippen molar-refractivity contribution in [2.24, 2.45) is 7.05 Å². The Morgan fingerprint density at radius 3 is 2.62 bits per heavy atom. The van der Waals surface area contributed by atoms with Gasteiger partial charge in [-0.1, -0.05) is 5.16 Å². The van der Waals surface area contributed by atoms with Crippen molar-refractivity contribution in [2.75, 3.05) is 5.32 Å². The van der Waals surface area contributed by atoms with E-state index >= 15 is 0 Å². The Balaban J connectivity index is 1.93. The molecule has 0 saturated heterocycles. The normalized spacial score (nSPS) is 12.4. The quantitative estimate of drug-likeness (QED) is 0.663. The molecule has 0 saturated carbocycles. The number of esters is 1. The van der Waals surface area contributed by atoms with Crippen LogP contribution >= 0.6 is 0 Å². The first-order chi connectivity index (χ1) is 11.3. The Labute approximate surface area is 139 Å². The molecule has 0 aliphatic heterocycles. The smallest absolute Gasteiger partial charge is 0.331 e. The first-order valence-electron chi connectivity index (χ1n) is 7.41. The van der Waals surface area contributed by atoms with Gasteiger partial charge in [0.25, 0.3) is 5.91 Å². The van der Waals surface area contributed by atoms with Gasteiger partial charge in [-0.3, -0.25) is 9.48 Å². The molecule has 0 spiro atoms. The zero-order chi connectivity index (χ0) is 17.9. The second kappa shape index (κ2) is 7.12. The SMILES string of the molecule is Cc1cc(NC(=O)[C@@H](C)OC(=O)/C=C/c2c(C)nn(C)c2C)no1. The van der Waals surface area contributed by atoms with E-state index in [9.17, 15) is 9.59 Å². The molecular formula is C16H20N4O4. The minimum absolute atomic E-state index is 0.276. The lowest BCUT2D eigenvalue weighted by atomic mass is 10.2. The number of ether oxygens (including phenoxy) is 1. The Kier molecular flexibility index (Phi) is 5.18. The standard InChI is InChI=1S/C16H20N4O4/c1-9-8-14(19-24-9)17-16(22)12(4)23-15(21)7-6-13-10(2)18-20(5)11(13)3/h6-8,12H,1-5H3,(H,17,19,22)/b7-6+/t12-/m1/s1. The Bertz CT molecular complexity index is 788. The lowest BCUT2D eigenvalue weighted by Gasteiger charge is -2.10. The number of aromatic nitrogens is 3. The number of carbonyl (C=O) groups excluding carboxylic acids is 2. The van der Waals surface area contributed by atoms with Crippen molar-refractivity contribution in [3.63, 3.8) is 0 Å². The van der Waals surface area contributed by atoms with Crippen LogP contribution in [0.4, 0.5) is 5.82 Å². The molecule has 1 amide bonds. The monoisotopic (exact) mass is 332 g/mol. The van der Waals surface area contributed by atoms with Gasteiger partial charge < -0.3 is 14.6 Å². The summed E-state index contributed by atoms with van der Waals surface area (Å²) >= 11 is 0. The Morgan fingerprint density at radius 2 is 2.08 bits per heavy atom.